The monoisotopic (exact) mass is 476 g/mol. The van der Waals surface area contributed by atoms with E-state index < -0.39 is 0 Å². The highest BCUT2D eigenvalue weighted by Gasteiger charge is 2.57. The molecule has 1 saturated heterocycles. The second-order valence-corrected chi connectivity index (χ2v) is 9.38. The van der Waals surface area contributed by atoms with Gasteiger partial charge in [0, 0.05) is 56.7 Å². The zero-order chi connectivity index (χ0) is 24.6. The van der Waals surface area contributed by atoms with Gasteiger partial charge in [0.2, 0.25) is 0 Å². The van der Waals surface area contributed by atoms with Crippen molar-refractivity contribution >= 4 is 29.6 Å². The van der Waals surface area contributed by atoms with E-state index in [1.54, 1.807) is 24.1 Å². The largest absolute Gasteiger partial charge is 0.383 e. The minimum absolute atomic E-state index is 0.0418. The molecule has 3 aliphatic heterocycles. The number of nitrogens with one attached hydrogen (secondary N) is 3. The van der Waals surface area contributed by atoms with E-state index in [1.807, 2.05) is 6.07 Å². The van der Waals surface area contributed by atoms with Crippen molar-refractivity contribution in [2.24, 2.45) is 0 Å². The van der Waals surface area contributed by atoms with Gasteiger partial charge < -0.3 is 20.3 Å². The molecular formula is C24H28N8O3. The third-order valence-electron chi connectivity index (χ3n) is 6.94. The molecule has 0 aromatic carbocycles. The van der Waals surface area contributed by atoms with E-state index in [0.717, 1.165) is 31.5 Å². The number of ether oxygens (including phenoxy) is 1. The van der Waals surface area contributed by atoms with Crippen molar-refractivity contribution in [1.82, 2.24) is 20.2 Å². The van der Waals surface area contributed by atoms with Gasteiger partial charge in [-0.3, -0.25) is 15.0 Å². The standard InChI is InChI=1S/C24H28N8O3/c1-31-12-17(13-31)30-24-8-18(9-24)32(22-19(24)4-3-16(14-33)28-22)23(34)29-21-7-20(26-5-6-35-2)15(10-25)11-27-21/h3-4,7,11,14,17-18,30H,5-6,8-9,12-13H2,1-2H3,(H2,26,27,29,34). The predicted molar refractivity (Wildman–Crippen MR) is 130 cm³/mol. The number of nitriles is 1. The second-order valence-electron chi connectivity index (χ2n) is 9.38. The molecule has 11 heteroatoms. The number of aldehydes is 1. The van der Waals surface area contributed by atoms with Crippen LogP contribution in [-0.2, 0) is 10.3 Å². The van der Waals surface area contributed by atoms with Crippen molar-refractivity contribution in [1.29, 1.82) is 5.26 Å². The molecule has 1 saturated carbocycles. The Bertz CT molecular complexity index is 1180. The van der Waals surface area contributed by atoms with Gasteiger partial charge in [0.25, 0.3) is 0 Å². The summed E-state index contributed by atoms with van der Waals surface area (Å²) in [4.78, 5) is 37.5. The molecule has 182 valence electrons. The number of likely N-dealkylation sites (N-methyl/N-ethyl adjacent to an activating group) is 1. The minimum Gasteiger partial charge on any atom is -0.383 e. The van der Waals surface area contributed by atoms with E-state index in [0.29, 0.717) is 48.4 Å². The molecule has 2 aromatic heterocycles. The normalized spacial score (nSPS) is 22.9. The van der Waals surface area contributed by atoms with Crippen LogP contribution in [-0.4, -0.2) is 79.7 Å². The Morgan fingerprint density at radius 2 is 2.17 bits per heavy atom. The molecular weight excluding hydrogens is 448 g/mol. The van der Waals surface area contributed by atoms with Crippen LogP contribution in [0.15, 0.2) is 24.4 Å². The lowest BCUT2D eigenvalue weighted by atomic mass is 9.64. The SMILES string of the molecule is COCCNc1cc(NC(=O)N2c3nc(C=O)ccc3C3(NC4CN(C)C4)CC2C3)ncc1C#N. The number of carbonyl (C=O) groups excluding carboxylic acids is 2. The number of hydrogen-bond acceptors (Lipinski definition) is 9. The zero-order valence-electron chi connectivity index (χ0n) is 19.7. The van der Waals surface area contributed by atoms with Crippen molar-refractivity contribution in [2.45, 2.75) is 30.5 Å². The van der Waals surface area contributed by atoms with Gasteiger partial charge in [0.05, 0.1) is 23.4 Å². The number of carbonyl (C=O) groups is 2. The Labute approximate surface area is 203 Å². The number of likely N-dealkylation sites (tertiary alicyclic amines) is 1. The summed E-state index contributed by atoms with van der Waals surface area (Å²) in [7, 11) is 3.69. The molecule has 0 spiro atoms. The summed E-state index contributed by atoms with van der Waals surface area (Å²) in [6, 6.07) is 7.33. The van der Waals surface area contributed by atoms with Crippen molar-refractivity contribution < 1.29 is 14.3 Å². The van der Waals surface area contributed by atoms with Crippen LogP contribution in [0.1, 0.15) is 34.5 Å². The first-order valence-corrected chi connectivity index (χ1v) is 11.6. The first kappa shape index (κ1) is 23.2. The molecule has 5 heterocycles. The highest BCUT2D eigenvalue weighted by Crippen LogP contribution is 2.53. The third kappa shape index (κ3) is 4.20. The first-order valence-electron chi connectivity index (χ1n) is 11.6. The molecule has 35 heavy (non-hydrogen) atoms. The number of pyridine rings is 2. The van der Waals surface area contributed by atoms with Crippen molar-refractivity contribution in [3.05, 3.63) is 41.2 Å². The smallest absolute Gasteiger partial charge is 0.328 e. The van der Waals surface area contributed by atoms with Gasteiger partial charge >= 0.3 is 6.03 Å². The average Bonchev–Trinajstić information content (AvgIpc) is 2.82. The third-order valence-corrected chi connectivity index (χ3v) is 6.94. The van der Waals surface area contributed by atoms with E-state index in [-0.39, 0.29) is 23.3 Å². The number of urea groups is 1. The van der Waals surface area contributed by atoms with Crippen molar-refractivity contribution in [2.75, 3.05) is 55.9 Å². The van der Waals surface area contributed by atoms with Crippen LogP contribution in [0.3, 0.4) is 0 Å². The number of amides is 2. The van der Waals surface area contributed by atoms with Gasteiger partial charge in [0.15, 0.2) is 6.29 Å². The fraction of sp³-hybridized carbons (Fsp3) is 0.458. The van der Waals surface area contributed by atoms with E-state index in [4.69, 9.17) is 4.74 Å². The fourth-order valence-electron chi connectivity index (χ4n) is 5.26. The minimum atomic E-state index is -0.372. The summed E-state index contributed by atoms with van der Waals surface area (Å²) < 4.78 is 5.05. The second kappa shape index (κ2) is 9.22. The topological polar surface area (TPSA) is 136 Å². The molecule has 0 radical (unpaired) electrons. The van der Waals surface area contributed by atoms with Crippen LogP contribution in [0, 0.1) is 11.3 Å². The maximum atomic E-state index is 13.4. The van der Waals surface area contributed by atoms with Gasteiger partial charge in [0.1, 0.15) is 23.4 Å². The van der Waals surface area contributed by atoms with Crippen LogP contribution in [0.2, 0.25) is 0 Å². The van der Waals surface area contributed by atoms with Crippen LogP contribution < -0.4 is 20.9 Å². The van der Waals surface area contributed by atoms with Crippen molar-refractivity contribution in [3.8, 4) is 6.07 Å². The maximum Gasteiger partial charge on any atom is 0.328 e. The lowest BCUT2D eigenvalue weighted by molar-refractivity contribution is 0.0634. The summed E-state index contributed by atoms with van der Waals surface area (Å²) >= 11 is 0. The number of hydrogen-bond donors (Lipinski definition) is 3. The Balaban J connectivity index is 1.39. The molecule has 6 rings (SSSR count). The van der Waals surface area contributed by atoms with Crippen LogP contribution >= 0.6 is 0 Å². The zero-order valence-corrected chi connectivity index (χ0v) is 19.7. The van der Waals surface area contributed by atoms with E-state index in [1.165, 1.54) is 6.20 Å². The average molecular weight is 477 g/mol. The molecule has 2 fully saturated rings. The van der Waals surface area contributed by atoms with Crippen LogP contribution in [0.5, 0.6) is 0 Å². The Morgan fingerprint density at radius 3 is 2.86 bits per heavy atom. The van der Waals surface area contributed by atoms with E-state index in [9.17, 15) is 14.9 Å². The summed E-state index contributed by atoms with van der Waals surface area (Å²) in [6.07, 6.45) is 3.67. The molecule has 4 aliphatic rings. The molecule has 0 atom stereocenters. The predicted octanol–water partition coefficient (Wildman–Crippen LogP) is 1.53. The summed E-state index contributed by atoms with van der Waals surface area (Å²) in [5.41, 5.74) is 1.92. The van der Waals surface area contributed by atoms with Gasteiger partial charge in [-0.2, -0.15) is 5.26 Å². The summed E-state index contributed by atoms with van der Waals surface area (Å²) in [6.45, 7) is 2.95. The molecule has 0 unspecified atom stereocenters. The van der Waals surface area contributed by atoms with Crippen molar-refractivity contribution in [3.63, 3.8) is 0 Å². The molecule has 3 N–H and O–H groups in total. The highest BCUT2D eigenvalue weighted by molar-refractivity contribution is 6.03. The molecule has 1 aliphatic carbocycles. The molecule has 2 aromatic rings. The molecule has 2 bridgehead atoms. The number of aromatic nitrogens is 2. The number of rotatable bonds is 8. The number of nitrogens with zero attached hydrogens (tertiary/aromatic N) is 5. The van der Waals surface area contributed by atoms with Gasteiger partial charge in [-0.05, 0) is 26.0 Å². The Morgan fingerprint density at radius 1 is 1.37 bits per heavy atom. The van der Waals surface area contributed by atoms with Gasteiger partial charge in [-0.15, -0.1) is 0 Å². The highest BCUT2D eigenvalue weighted by atomic mass is 16.5. The quantitative estimate of drug-likeness (QED) is 0.383. The summed E-state index contributed by atoms with van der Waals surface area (Å²) in [5, 5.41) is 19.1. The number of methoxy groups -OCH3 is 1. The molecule has 11 nitrogen and oxygen atoms in total. The van der Waals surface area contributed by atoms with Crippen LogP contribution in [0.4, 0.5) is 22.1 Å². The van der Waals surface area contributed by atoms with Gasteiger partial charge in [-0.1, -0.05) is 6.07 Å². The number of anilines is 3. The van der Waals surface area contributed by atoms with E-state index in [2.05, 4.69) is 43.9 Å². The molecule has 2 amide bonds. The lowest BCUT2D eigenvalue weighted by Gasteiger charge is -2.59. The van der Waals surface area contributed by atoms with Gasteiger partial charge in [-0.25, -0.2) is 14.8 Å². The fourth-order valence-corrected chi connectivity index (χ4v) is 5.26. The van der Waals surface area contributed by atoms with Crippen LogP contribution in [0.25, 0.3) is 0 Å². The van der Waals surface area contributed by atoms with E-state index >= 15 is 0 Å². The first-order chi connectivity index (χ1) is 17.0. The Hall–Kier alpha value is -3.59. The lowest BCUT2D eigenvalue weighted by Crippen LogP contribution is -2.71. The summed E-state index contributed by atoms with van der Waals surface area (Å²) in [5.74, 6) is 0.815. The Kier molecular flexibility index (Phi) is 6.10. The maximum absolute atomic E-state index is 13.4.